The molecule has 24 aliphatic rings. The number of Topliss-reactive ketones (excluding diaryl/α,β-unsaturated/α-hetero) is 1. The van der Waals surface area contributed by atoms with Gasteiger partial charge in [0.2, 0.25) is 35.4 Å². The van der Waals surface area contributed by atoms with E-state index in [2.05, 4.69) is 47.2 Å². The lowest BCUT2D eigenvalue weighted by molar-refractivity contribution is -0.403. The van der Waals surface area contributed by atoms with E-state index in [1.807, 2.05) is 48.5 Å². The molecular formula is C92H138N12O41. The molecule has 0 spiro atoms. The number of unbranched alkanes of at least 4 members (excludes halogenated alkanes) is 1. The fraction of sp³-hybridized carbons (Fsp3) is 0.750. The maximum Gasteiger partial charge on any atom is 0.246 e. The number of anilines is 1. The van der Waals surface area contributed by atoms with Gasteiger partial charge in [-0.05, 0) is 69.9 Å². The first-order chi connectivity index (χ1) is 69.7. The van der Waals surface area contributed by atoms with Crippen molar-refractivity contribution < 1.29 is 201 Å². The minimum absolute atomic E-state index is 0.0276. The van der Waals surface area contributed by atoms with Crippen LogP contribution in [-0.4, -0.2) is 466 Å². The number of hydrogen-bond donors (Lipinski definition) is 22. The van der Waals surface area contributed by atoms with Gasteiger partial charge in [0, 0.05) is 50.5 Å². The Bertz CT molecular complexity index is 4790. The molecule has 23 aliphatic heterocycles. The van der Waals surface area contributed by atoms with Crippen LogP contribution in [0.5, 0.6) is 0 Å². The van der Waals surface area contributed by atoms with E-state index < -0.39 is 284 Å². The number of carbonyl (C=O) groups excluding carboxylic acids is 7. The van der Waals surface area contributed by atoms with Crippen molar-refractivity contribution >= 4 is 46.9 Å². The first-order valence-corrected chi connectivity index (χ1v) is 48.9. The SMILES string of the molecule is CC(=O)[C@H](C)NC(=O)[C@@H](NC(=O)[C@@H](CCCCNC(=O)COC1CCCCCc2c1nnn2CC1OC2OC3C(CO)OC(OC4C(CO)OC(OC5C(CO)OC(OC6C(CO)OC(OC7C(CO)OC(OC1C(O)C2O)C(O)C7O)C(O)C6O)C(O)C5O)C(O)C4O)C(O)C3O)NC(=O)CCOCCOCCOCCOCCNC(=O)CCC(=O)N1Cc2ccccc2-c2nnn(C)c2-c2ccccc21)C(C)C. The summed E-state index contributed by atoms with van der Waals surface area (Å²) in [5, 5.41) is 226. The Morgan fingerprint density at radius 1 is 0.448 bits per heavy atom. The Hall–Kier alpha value is -8.15. The number of aromatic nitrogens is 6. The van der Waals surface area contributed by atoms with E-state index in [9.17, 15) is 120 Å². The highest BCUT2D eigenvalue weighted by Crippen LogP contribution is 2.44. The van der Waals surface area contributed by atoms with Gasteiger partial charge in [-0.25, -0.2) is 9.36 Å². The number of nitrogens with zero attached hydrogens (tertiary/aromatic N) is 7. The third-order valence-electron chi connectivity index (χ3n) is 26.8. The molecule has 28 rings (SSSR count). The van der Waals surface area contributed by atoms with Crippen LogP contribution in [0.1, 0.15) is 115 Å². The molecule has 22 N–H and O–H groups in total. The molecule has 53 heteroatoms. The number of amides is 6. The van der Waals surface area contributed by atoms with Gasteiger partial charge in [-0.3, -0.25) is 33.6 Å². The number of ketones is 1. The molecule has 34 atom stereocenters. The lowest BCUT2D eigenvalue weighted by Gasteiger charge is -2.50. The summed E-state index contributed by atoms with van der Waals surface area (Å²) < 4.78 is 103. The minimum atomic E-state index is -2.28. The number of para-hydroxylation sites is 1. The van der Waals surface area contributed by atoms with E-state index in [4.69, 9.17) is 80.5 Å². The largest absolute Gasteiger partial charge is 0.394 e. The van der Waals surface area contributed by atoms with Gasteiger partial charge in [0.25, 0.3) is 0 Å². The highest BCUT2D eigenvalue weighted by Gasteiger charge is 2.60. The summed E-state index contributed by atoms with van der Waals surface area (Å²) in [5.74, 6) is -3.76. The average Bonchev–Trinajstić information content (AvgIpc) is 1.38. The molecule has 25 heterocycles. The number of aryl methyl sites for hydroxylation is 1. The topological polar surface area (TPSA) is 745 Å². The van der Waals surface area contributed by atoms with Gasteiger partial charge in [-0.1, -0.05) is 79.6 Å². The van der Waals surface area contributed by atoms with Crippen LogP contribution >= 0.6 is 0 Å². The Morgan fingerprint density at radius 3 is 1.38 bits per heavy atom. The predicted molar refractivity (Wildman–Crippen MR) is 487 cm³/mol. The van der Waals surface area contributed by atoms with Gasteiger partial charge in [-0.2, -0.15) is 0 Å². The molecule has 2 aromatic carbocycles. The molecule has 22 saturated heterocycles. The highest BCUT2D eigenvalue weighted by molar-refractivity contribution is 6.01. The summed E-state index contributed by atoms with van der Waals surface area (Å²) in [6.07, 6.45) is -59.7. The van der Waals surface area contributed by atoms with Crippen LogP contribution in [0.2, 0.25) is 0 Å². The molecular weight excluding hydrogens is 1930 g/mol. The average molecular weight is 2070 g/mol. The van der Waals surface area contributed by atoms with Crippen LogP contribution in [0.3, 0.4) is 0 Å². The van der Waals surface area contributed by atoms with Crippen LogP contribution in [0.25, 0.3) is 22.5 Å². The third kappa shape index (κ3) is 28.2. The van der Waals surface area contributed by atoms with Crippen molar-refractivity contribution in [1.29, 1.82) is 0 Å². The molecule has 6 amide bonds. The smallest absolute Gasteiger partial charge is 0.246 e. The predicted octanol–water partition coefficient (Wildman–Crippen LogP) is -9.21. The highest BCUT2D eigenvalue weighted by atomic mass is 16.8. The first-order valence-electron chi connectivity index (χ1n) is 48.9. The Morgan fingerprint density at radius 2 is 0.897 bits per heavy atom. The number of rotatable bonds is 40. The number of carbonyl (C=O) groups is 7. The Kier molecular flexibility index (Phi) is 42.5. The van der Waals surface area contributed by atoms with Crippen molar-refractivity contribution in [2.45, 2.75) is 320 Å². The maximum atomic E-state index is 14.1. The fourth-order valence-corrected chi connectivity index (χ4v) is 18.6. The van der Waals surface area contributed by atoms with Crippen LogP contribution in [-0.2, 0) is 141 Å². The second-order valence-corrected chi connectivity index (χ2v) is 37.3. The molecule has 31 unspecified atom stereocenters. The van der Waals surface area contributed by atoms with Gasteiger partial charge in [-0.15, -0.1) is 10.2 Å². The number of hydrogen-bond acceptors (Lipinski definition) is 45. The van der Waals surface area contributed by atoms with Gasteiger partial charge < -0.3 is 199 Å². The second kappa shape index (κ2) is 54.0. The summed E-state index contributed by atoms with van der Waals surface area (Å²) in [7, 11) is 1.81. The van der Waals surface area contributed by atoms with Crippen LogP contribution in [0.15, 0.2) is 48.5 Å². The van der Waals surface area contributed by atoms with Crippen LogP contribution in [0, 0.1) is 5.92 Å². The van der Waals surface area contributed by atoms with E-state index in [1.165, 1.54) is 18.5 Å². The van der Waals surface area contributed by atoms with E-state index >= 15 is 0 Å². The van der Waals surface area contributed by atoms with Gasteiger partial charge in [0.15, 0.2) is 43.5 Å². The number of fused-ring (bicyclic) bond motifs is 6. The lowest BCUT2D eigenvalue weighted by Crippen LogP contribution is -2.69. The summed E-state index contributed by atoms with van der Waals surface area (Å²) in [6.45, 7) is 1.69. The van der Waals surface area contributed by atoms with Gasteiger partial charge in [0.05, 0.1) is 122 Å². The van der Waals surface area contributed by atoms with Crippen molar-refractivity contribution in [2.24, 2.45) is 13.0 Å². The van der Waals surface area contributed by atoms with E-state index in [1.54, 1.807) is 30.5 Å². The third-order valence-corrected chi connectivity index (χ3v) is 26.8. The Labute approximate surface area is 832 Å². The molecule has 22 fully saturated rings. The van der Waals surface area contributed by atoms with E-state index in [-0.39, 0.29) is 141 Å². The molecule has 53 nitrogen and oxygen atoms in total. The lowest BCUT2D eigenvalue weighted by atomic mass is 9.94. The number of nitrogens with one attached hydrogen (secondary N) is 5. The molecule has 812 valence electrons. The zero-order valence-electron chi connectivity index (χ0n) is 80.9. The van der Waals surface area contributed by atoms with Crippen LogP contribution in [0.4, 0.5) is 5.69 Å². The standard InChI is InChI=1S/C92H138N12O41/c1-43(2)63(86(128)95-44(3)45(4)110)97-85(127)49(96-60(112)24-27-129-29-31-131-33-34-132-32-30-130-28-26-94-59(111)22-23-62(114)103-35-46-15-9-10-16-47(46)64-66(102(5)100-98-64)48-17-11-12-19-50(48)103)18-13-14-25-93-61(113)42-133-52-21-8-6-7-20-51-65(52)99-101-104(51)36-53-79-67(115)73(121)87(134-53)141-80-54(37-105)136-89(75(123)69(80)117)143-82-56(39-107)138-91(77(125)71(82)119)145-84-58(41-109)139-92(78(126)72(84)120)144-83-57(40-108)137-90(76(124)70(83)118)142-81-55(38-106)135-88(140-79)74(122)68(81)116/h9-12,15-17,19,43-44,49,52-58,63,67-84,87-92,105-109,115-126H,6-8,13-14,18,20-42H2,1-5H3,(H,93,113)(H,94,111)(H,95,128)(H,96,112)(H,97,127)/t44-,49+,52?,53?,54?,55?,56?,57?,58?,63-,67?,68?,69?,70?,71?,72?,73?,74?,75?,76?,77?,78?,79?,80?,81?,82?,83?,84?,87?,88?,89?,90?,91?,92?/m0/s1. The summed E-state index contributed by atoms with van der Waals surface area (Å²) >= 11 is 0. The molecule has 0 radical (unpaired) electrons. The quantitative estimate of drug-likeness (QED) is 0.0184. The number of ether oxygens (including phenoxy) is 17. The summed E-state index contributed by atoms with van der Waals surface area (Å²) in [5.41, 5.74) is 5.39. The van der Waals surface area contributed by atoms with Crippen molar-refractivity contribution in [1.82, 2.24) is 56.6 Å². The van der Waals surface area contributed by atoms with Gasteiger partial charge >= 0.3 is 0 Å². The minimum Gasteiger partial charge on any atom is -0.394 e. The maximum absolute atomic E-state index is 14.1. The molecule has 12 bridgehead atoms. The van der Waals surface area contributed by atoms with E-state index in [0.29, 0.717) is 37.1 Å². The normalized spacial score (nSPS) is 33.5. The molecule has 1 aliphatic carbocycles. The zero-order valence-corrected chi connectivity index (χ0v) is 80.9. The number of benzene rings is 2. The first kappa shape index (κ1) is 114. The molecule has 145 heavy (non-hydrogen) atoms. The van der Waals surface area contributed by atoms with Crippen molar-refractivity contribution in [3.05, 3.63) is 65.5 Å². The van der Waals surface area contributed by atoms with E-state index in [0.717, 1.165) is 28.1 Å². The van der Waals surface area contributed by atoms with Crippen molar-refractivity contribution in [2.75, 3.05) is 110 Å². The number of aliphatic hydroxyl groups is 17. The van der Waals surface area contributed by atoms with Gasteiger partial charge in [0.1, 0.15) is 183 Å². The van der Waals surface area contributed by atoms with Crippen LogP contribution < -0.4 is 31.5 Å². The summed E-state index contributed by atoms with van der Waals surface area (Å²) in [4.78, 5) is 95.5. The summed E-state index contributed by atoms with van der Waals surface area (Å²) in [6, 6.07) is 12.1. The zero-order chi connectivity index (χ0) is 104. The molecule has 4 aromatic rings. The Balaban J connectivity index is 0.592. The number of aliphatic hydroxyl groups excluding tert-OH is 17. The van der Waals surface area contributed by atoms with Crippen molar-refractivity contribution in [3.63, 3.8) is 0 Å². The second-order valence-electron chi connectivity index (χ2n) is 37.3. The monoisotopic (exact) mass is 2070 g/mol. The molecule has 0 saturated carbocycles. The molecule has 2 aromatic heterocycles. The fourth-order valence-electron chi connectivity index (χ4n) is 18.6. The van der Waals surface area contributed by atoms with Crippen molar-refractivity contribution in [3.8, 4) is 22.5 Å².